The van der Waals surface area contributed by atoms with Crippen LogP contribution >= 0.6 is 0 Å². The van der Waals surface area contributed by atoms with E-state index in [1.165, 1.54) is 32.1 Å². The van der Waals surface area contributed by atoms with Crippen molar-refractivity contribution in [2.75, 3.05) is 6.54 Å². The second-order valence-corrected chi connectivity index (χ2v) is 7.29. The quantitative estimate of drug-likeness (QED) is 0.839. The molecule has 2 aliphatic rings. The Morgan fingerprint density at radius 3 is 2.35 bits per heavy atom. The van der Waals surface area contributed by atoms with Crippen molar-refractivity contribution in [3.05, 3.63) is 0 Å². The van der Waals surface area contributed by atoms with E-state index < -0.39 is 0 Å². The van der Waals surface area contributed by atoms with Crippen LogP contribution in [0.3, 0.4) is 0 Å². The van der Waals surface area contributed by atoms with Crippen LogP contribution in [0.1, 0.15) is 66.2 Å². The molecule has 0 radical (unpaired) electrons. The van der Waals surface area contributed by atoms with Crippen molar-refractivity contribution < 1.29 is 4.79 Å². The van der Waals surface area contributed by atoms with Gasteiger partial charge in [0.25, 0.3) is 0 Å². The second-order valence-electron chi connectivity index (χ2n) is 7.29. The Kier molecular flexibility index (Phi) is 5.48. The first kappa shape index (κ1) is 15.8. The van der Waals surface area contributed by atoms with Crippen LogP contribution in [0.15, 0.2) is 0 Å². The van der Waals surface area contributed by atoms with Crippen molar-refractivity contribution in [2.45, 2.75) is 84.3 Å². The molecule has 2 fully saturated rings. The van der Waals surface area contributed by atoms with Gasteiger partial charge in [-0.05, 0) is 44.9 Å². The van der Waals surface area contributed by atoms with E-state index in [1.54, 1.807) is 0 Å². The topological polar surface area (TPSA) is 32.3 Å². The maximum atomic E-state index is 12.4. The van der Waals surface area contributed by atoms with Gasteiger partial charge in [0.2, 0.25) is 5.91 Å². The molecule has 0 bridgehead atoms. The zero-order valence-corrected chi connectivity index (χ0v) is 13.7. The summed E-state index contributed by atoms with van der Waals surface area (Å²) in [6.07, 6.45) is 7.58. The third-order valence-corrected chi connectivity index (χ3v) is 5.59. The van der Waals surface area contributed by atoms with Gasteiger partial charge in [-0.3, -0.25) is 9.69 Å². The van der Waals surface area contributed by atoms with Crippen LogP contribution in [0, 0.1) is 11.8 Å². The molecule has 0 unspecified atom stereocenters. The molecule has 0 aromatic carbocycles. The Morgan fingerprint density at radius 1 is 1.15 bits per heavy atom. The highest BCUT2D eigenvalue weighted by Crippen LogP contribution is 2.30. The number of rotatable bonds is 5. The monoisotopic (exact) mass is 280 g/mol. The first-order valence-corrected chi connectivity index (χ1v) is 8.54. The summed E-state index contributed by atoms with van der Waals surface area (Å²) >= 11 is 0. The standard InChI is InChI=1S/C17H32N2O/c1-12(2)19(15-8-6-9-15)11-17(20)18-16-10-5-7-13(3)14(16)4/h12-16H,5-11H2,1-4H3,(H,18,20)/t13-,14+,16+/m1/s1. The molecule has 0 spiro atoms. The van der Waals surface area contributed by atoms with Gasteiger partial charge in [-0.25, -0.2) is 0 Å². The summed E-state index contributed by atoms with van der Waals surface area (Å²) < 4.78 is 0. The predicted molar refractivity (Wildman–Crippen MR) is 83.6 cm³/mol. The summed E-state index contributed by atoms with van der Waals surface area (Å²) in [5.41, 5.74) is 0. The molecule has 0 heterocycles. The van der Waals surface area contributed by atoms with Gasteiger partial charge in [0.05, 0.1) is 6.54 Å². The average Bonchev–Trinajstić information content (AvgIpc) is 2.32. The number of hydrogen-bond acceptors (Lipinski definition) is 2. The van der Waals surface area contributed by atoms with Crippen molar-refractivity contribution in [3.8, 4) is 0 Å². The van der Waals surface area contributed by atoms with Gasteiger partial charge in [0.15, 0.2) is 0 Å². The lowest BCUT2D eigenvalue weighted by Crippen LogP contribution is -2.52. The summed E-state index contributed by atoms with van der Waals surface area (Å²) in [5, 5.41) is 3.31. The molecule has 0 aromatic heterocycles. The predicted octanol–water partition coefficient (Wildman–Crippen LogP) is 3.19. The maximum Gasteiger partial charge on any atom is 0.234 e. The van der Waals surface area contributed by atoms with E-state index in [9.17, 15) is 4.79 Å². The molecular formula is C17H32N2O. The molecule has 0 aromatic rings. The third-order valence-electron chi connectivity index (χ3n) is 5.59. The van der Waals surface area contributed by atoms with Gasteiger partial charge in [-0.2, -0.15) is 0 Å². The molecule has 116 valence electrons. The van der Waals surface area contributed by atoms with Crippen LogP contribution in [-0.2, 0) is 4.79 Å². The number of hydrogen-bond donors (Lipinski definition) is 1. The minimum atomic E-state index is 0.233. The van der Waals surface area contributed by atoms with Crippen molar-refractivity contribution in [2.24, 2.45) is 11.8 Å². The second kappa shape index (κ2) is 6.93. The normalized spacial score (nSPS) is 31.4. The zero-order valence-electron chi connectivity index (χ0n) is 13.7. The fourth-order valence-corrected chi connectivity index (χ4v) is 3.66. The van der Waals surface area contributed by atoms with E-state index >= 15 is 0 Å². The molecule has 2 rings (SSSR count). The Labute approximate surface area is 124 Å². The van der Waals surface area contributed by atoms with Gasteiger partial charge in [0, 0.05) is 18.1 Å². The highest BCUT2D eigenvalue weighted by Gasteiger charge is 2.31. The lowest BCUT2D eigenvalue weighted by atomic mass is 9.78. The van der Waals surface area contributed by atoms with Gasteiger partial charge in [-0.1, -0.05) is 33.1 Å². The minimum Gasteiger partial charge on any atom is -0.352 e. The maximum absolute atomic E-state index is 12.4. The molecule has 1 N–H and O–H groups in total. The Morgan fingerprint density at radius 2 is 1.80 bits per heavy atom. The van der Waals surface area contributed by atoms with Crippen LogP contribution in [0.25, 0.3) is 0 Å². The summed E-state index contributed by atoms with van der Waals surface area (Å²) in [7, 11) is 0. The first-order chi connectivity index (χ1) is 9.49. The van der Waals surface area contributed by atoms with Crippen molar-refractivity contribution in [1.29, 1.82) is 0 Å². The van der Waals surface area contributed by atoms with Gasteiger partial charge in [0.1, 0.15) is 0 Å². The lowest BCUT2D eigenvalue weighted by Gasteiger charge is -2.40. The molecule has 3 heteroatoms. The fourth-order valence-electron chi connectivity index (χ4n) is 3.66. The van der Waals surface area contributed by atoms with Gasteiger partial charge in [-0.15, -0.1) is 0 Å². The highest BCUT2D eigenvalue weighted by molar-refractivity contribution is 5.78. The highest BCUT2D eigenvalue weighted by atomic mass is 16.2. The van der Waals surface area contributed by atoms with Gasteiger partial charge >= 0.3 is 0 Å². The summed E-state index contributed by atoms with van der Waals surface area (Å²) in [5.74, 6) is 1.59. The third kappa shape index (κ3) is 3.75. The molecule has 2 aliphatic carbocycles. The number of amides is 1. The van der Waals surface area contributed by atoms with E-state index in [0.717, 1.165) is 12.3 Å². The molecule has 2 saturated carbocycles. The number of nitrogens with one attached hydrogen (secondary N) is 1. The van der Waals surface area contributed by atoms with Crippen molar-refractivity contribution >= 4 is 5.91 Å². The summed E-state index contributed by atoms with van der Waals surface area (Å²) in [6, 6.07) is 1.50. The summed E-state index contributed by atoms with van der Waals surface area (Å²) in [6.45, 7) is 9.60. The van der Waals surface area contributed by atoms with E-state index in [-0.39, 0.29) is 5.91 Å². The molecule has 3 atom stereocenters. The van der Waals surface area contributed by atoms with Crippen molar-refractivity contribution in [3.63, 3.8) is 0 Å². The van der Waals surface area contributed by atoms with Crippen LogP contribution < -0.4 is 5.32 Å². The zero-order chi connectivity index (χ0) is 14.7. The van der Waals surface area contributed by atoms with Gasteiger partial charge < -0.3 is 5.32 Å². The Balaban J connectivity index is 1.84. The molecule has 3 nitrogen and oxygen atoms in total. The van der Waals surface area contributed by atoms with Crippen LogP contribution in [-0.4, -0.2) is 35.5 Å². The number of nitrogens with zero attached hydrogens (tertiary/aromatic N) is 1. The molecule has 0 aliphatic heterocycles. The molecule has 20 heavy (non-hydrogen) atoms. The SMILES string of the molecule is CC(C)N(CC(=O)N[C@H]1CCC[C@@H](C)[C@@H]1C)C1CCC1. The van der Waals surface area contributed by atoms with Crippen LogP contribution in [0.4, 0.5) is 0 Å². The van der Waals surface area contributed by atoms with E-state index in [0.29, 0.717) is 30.6 Å². The fraction of sp³-hybridized carbons (Fsp3) is 0.941. The Hall–Kier alpha value is -0.570. The van der Waals surface area contributed by atoms with E-state index in [2.05, 4.69) is 37.9 Å². The molecule has 1 amide bonds. The summed E-state index contributed by atoms with van der Waals surface area (Å²) in [4.78, 5) is 14.8. The van der Waals surface area contributed by atoms with Crippen molar-refractivity contribution in [1.82, 2.24) is 10.2 Å². The minimum absolute atomic E-state index is 0.233. The van der Waals surface area contributed by atoms with E-state index in [4.69, 9.17) is 0 Å². The Bertz CT molecular complexity index is 325. The van der Waals surface area contributed by atoms with E-state index in [1.807, 2.05) is 0 Å². The number of carbonyl (C=O) groups is 1. The molecule has 0 saturated heterocycles. The first-order valence-electron chi connectivity index (χ1n) is 8.54. The number of carbonyl (C=O) groups excluding carboxylic acids is 1. The smallest absolute Gasteiger partial charge is 0.234 e. The van der Waals surface area contributed by atoms with Crippen LogP contribution in [0.2, 0.25) is 0 Å². The lowest BCUT2D eigenvalue weighted by molar-refractivity contribution is -0.125. The molecular weight excluding hydrogens is 248 g/mol. The van der Waals surface area contributed by atoms with Crippen LogP contribution in [0.5, 0.6) is 0 Å². The average molecular weight is 280 g/mol. The largest absolute Gasteiger partial charge is 0.352 e.